The zero-order chi connectivity index (χ0) is 15.9. The molecule has 0 bridgehead atoms. The van der Waals surface area contributed by atoms with E-state index in [1.807, 2.05) is 6.92 Å². The topological polar surface area (TPSA) is 41.6 Å². The predicted molar refractivity (Wildman–Crippen MR) is 98.6 cm³/mol. The predicted octanol–water partition coefficient (Wildman–Crippen LogP) is 3.07. The number of amides is 1. The molecule has 2 aliphatic carbocycles. The number of nitrogens with one attached hydrogen (secondary N) is 1. The van der Waals surface area contributed by atoms with Crippen LogP contribution in [0.2, 0.25) is 0 Å². The Morgan fingerprint density at radius 3 is 2.92 bits per heavy atom. The molecule has 1 aliphatic heterocycles. The normalized spacial score (nSPS) is 29.8. The molecule has 4 rings (SSSR count). The Hall–Kier alpha value is -0.620. The third-order valence-electron chi connectivity index (χ3n) is 5.77. The molecule has 1 spiro atoms. The Balaban J connectivity index is 0.00000169. The van der Waals surface area contributed by atoms with Crippen LogP contribution in [-0.4, -0.2) is 42.6 Å². The first-order chi connectivity index (χ1) is 11.2. The molecule has 0 aromatic carbocycles. The lowest BCUT2D eigenvalue weighted by Crippen LogP contribution is -2.40. The standard InChI is InChI=1S/C18H26N2O2S.ClH/c1-2-22-15-9-14(15)17(21)20(11-13-3-8-23-12-13)16-10-18(16)4-6-19-7-5-18;/h3,8,12,14-16,19H,2,4-7,9-11H2,1H3;1H. The lowest BCUT2D eigenvalue weighted by Gasteiger charge is -2.29. The van der Waals surface area contributed by atoms with Crippen molar-refractivity contribution in [3.05, 3.63) is 22.4 Å². The van der Waals surface area contributed by atoms with Crippen molar-refractivity contribution in [2.45, 2.75) is 51.3 Å². The van der Waals surface area contributed by atoms with Gasteiger partial charge in [-0.3, -0.25) is 4.79 Å². The molecule has 1 N–H and O–H groups in total. The second-order valence-electron chi connectivity index (χ2n) is 7.27. The fourth-order valence-electron chi connectivity index (χ4n) is 4.19. The van der Waals surface area contributed by atoms with Gasteiger partial charge < -0.3 is 15.0 Å². The molecule has 3 fully saturated rings. The quantitative estimate of drug-likeness (QED) is 0.836. The first-order valence-corrected chi connectivity index (χ1v) is 9.82. The molecule has 1 amide bonds. The number of halogens is 1. The van der Waals surface area contributed by atoms with Crippen molar-refractivity contribution in [3.8, 4) is 0 Å². The highest BCUT2D eigenvalue weighted by molar-refractivity contribution is 7.07. The highest BCUT2D eigenvalue weighted by Gasteiger charge is 2.59. The Bertz CT molecular complexity index is 559. The van der Waals surface area contributed by atoms with Gasteiger partial charge in [0.1, 0.15) is 0 Å². The van der Waals surface area contributed by atoms with Crippen molar-refractivity contribution in [3.63, 3.8) is 0 Å². The molecule has 1 aromatic rings. The van der Waals surface area contributed by atoms with Crippen molar-refractivity contribution in [2.24, 2.45) is 11.3 Å². The Kier molecular flexibility index (Phi) is 5.55. The number of thiophene rings is 1. The maximum Gasteiger partial charge on any atom is 0.228 e. The molecule has 3 aliphatic rings. The molecular weight excluding hydrogens is 344 g/mol. The maximum atomic E-state index is 13.1. The number of hydrogen-bond acceptors (Lipinski definition) is 4. The van der Waals surface area contributed by atoms with Gasteiger partial charge in [-0.2, -0.15) is 11.3 Å². The van der Waals surface area contributed by atoms with Crippen molar-refractivity contribution in [1.29, 1.82) is 0 Å². The van der Waals surface area contributed by atoms with Gasteiger partial charge >= 0.3 is 0 Å². The summed E-state index contributed by atoms with van der Waals surface area (Å²) in [6.45, 7) is 5.69. The van der Waals surface area contributed by atoms with Gasteiger partial charge in [0.05, 0.1) is 12.0 Å². The van der Waals surface area contributed by atoms with Crippen LogP contribution < -0.4 is 5.32 Å². The van der Waals surface area contributed by atoms with Gasteiger partial charge in [-0.05, 0) is 73.5 Å². The van der Waals surface area contributed by atoms with E-state index in [4.69, 9.17) is 4.74 Å². The lowest BCUT2D eigenvalue weighted by atomic mass is 9.93. The summed E-state index contributed by atoms with van der Waals surface area (Å²) >= 11 is 1.71. The van der Waals surface area contributed by atoms with Gasteiger partial charge in [0.25, 0.3) is 0 Å². The second-order valence-corrected chi connectivity index (χ2v) is 8.05. The zero-order valence-electron chi connectivity index (χ0n) is 14.2. The van der Waals surface area contributed by atoms with Crippen LogP contribution in [0.4, 0.5) is 0 Å². The van der Waals surface area contributed by atoms with Gasteiger partial charge in [0, 0.05) is 19.2 Å². The van der Waals surface area contributed by atoms with Crippen LogP contribution >= 0.6 is 23.7 Å². The summed E-state index contributed by atoms with van der Waals surface area (Å²) in [7, 11) is 0. The van der Waals surface area contributed by atoms with Crippen LogP contribution in [0.1, 0.15) is 38.2 Å². The summed E-state index contributed by atoms with van der Waals surface area (Å²) in [5.74, 6) is 0.433. The highest BCUT2D eigenvalue weighted by atomic mass is 35.5. The van der Waals surface area contributed by atoms with Crippen LogP contribution in [0.25, 0.3) is 0 Å². The van der Waals surface area contributed by atoms with Crippen molar-refractivity contribution >= 4 is 29.7 Å². The first kappa shape index (κ1) is 18.2. The molecule has 2 saturated carbocycles. The molecule has 2 heterocycles. The molecule has 1 aromatic heterocycles. The number of ether oxygens (including phenoxy) is 1. The Morgan fingerprint density at radius 2 is 2.25 bits per heavy atom. The van der Waals surface area contributed by atoms with Crippen LogP contribution in [0.15, 0.2) is 16.8 Å². The maximum absolute atomic E-state index is 13.1. The summed E-state index contributed by atoms with van der Waals surface area (Å²) in [5, 5.41) is 7.73. The number of nitrogens with zero attached hydrogens (tertiary/aromatic N) is 1. The van der Waals surface area contributed by atoms with Crippen LogP contribution in [0, 0.1) is 11.3 Å². The minimum absolute atomic E-state index is 0. The van der Waals surface area contributed by atoms with Gasteiger partial charge in [-0.1, -0.05) is 0 Å². The Labute approximate surface area is 154 Å². The van der Waals surface area contributed by atoms with Gasteiger partial charge in [-0.25, -0.2) is 0 Å². The summed E-state index contributed by atoms with van der Waals surface area (Å²) in [6.07, 6.45) is 4.69. The zero-order valence-corrected chi connectivity index (χ0v) is 15.8. The smallest absolute Gasteiger partial charge is 0.228 e. The minimum atomic E-state index is 0. The van der Waals surface area contributed by atoms with E-state index in [9.17, 15) is 4.79 Å². The van der Waals surface area contributed by atoms with Crippen molar-refractivity contribution in [1.82, 2.24) is 10.2 Å². The third kappa shape index (κ3) is 3.50. The first-order valence-electron chi connectivity index (χ1n) is 8.87. The van der Waals surface area contributed by atoms with Crippen molar-refractivity contribution < 1.29 is 9.53 Å². The van der Waals surface area contributed by atoms with E-state index in [1.54, 1.807) is 11.3 Å². The number of carbonyl (C=O) groups is 1. The van der Waals surface area contributed by atoms with E-state index in [2.05, 4.69) is 27.0 Å². The fraction of sp³-hybridized carbons (Fsp3) is 0.722. The molecule has 1 saturated heterocycles. The number of carbonyl (C=O) groups excluding carboxylic acids is 1. The molecule has 3 unspecified atom stereocenters. The molecule has 0 radical (unpaired) electrons. The average Bonchev–Trinajstić information content (AvgIpc) is 3.41. The Morgan fingerprint density at radius 1 is 1.46 bits per heavy atom. The van der Waals surface area contributed by atoms with Crippen LogP contribution in [-0.2, 0) is 16.1 Å². The molecule has 24 heavy (non-hydrogen) atoms. The summed E-state index contributed by atoms with van der Waals surface area (Å²) < 4.78 is 5.65. The number of hydrogen-bond donors (Lipinski definition) is 1. The molecule has 3 atom stereocenters. The summed E-state index contributed by atoms with van der Waals surface area (Å²) in [4.78, 5) is 15.2. The monoisotopic (exact) mass is 370 g/mol. The molecule has 6 heteroatoms. The van der Waals surface area contributed by atoms with E-state index in [-0.39, 0.29) is 24.4 Å². The third-order valence-corrected chi connectivity index (χ3v) is 6.50. The van der Waals surface area contributed by atoms with Gasteiger partial charge in [0.2, 0.25) is 5.91 Å². The largest absolute Gasteiger partial charge is 0.378 e. The highest BCUT2D eigenvalue weighted by Crippen LogP contribution is 2.57. The lowest BCUT2D eigenvalue weighted by molar-refractivity contribution is -0.135. The van der Waals surface area contributed by atoms with Crippen molar-refractivity contribution in [2.75, 3.05) is 19.7 Å². The van der Waals surface area contributed by atoms with Crippen LogP contribution in [0.5, 0.6) is 0 Å². The van der Waals surface area contributed by atoms with E-state index in [0.717, 1.165) is 26.1 Å². The SMILES string of the molecule is CCOC1CC1C(=O)N(Cc1ccsc1)C1CC12CCNCC2.Cl. The molecule has 134 valence electrons. The van der Waals surface area contributed by atoms with E-state index in [1.165, 1.54) is 24.8 Å². The number of piperidine rings is 1. The summed E-state index contributed by atoms with van der Waals surface area (Å²) in [6, 6.07) is 2.59. The second kappa shape index (κ2) is 7.32. The number of rotatable bonds is 6. The minimum Gasteiger partial charge on any atom is -0.378 e. The van der Waals surface area contributed by atoms with E-state index in [0.29, 0.717) is 24.0 Å². The summed E-state index contributed by atoms with van der Waals surface area (Å²) in [5.41, 5.74) is 1.67. The van der Waals surface area contributed by atoms with Gasteiger partial charge in [-0.15, -0.1) is 12.4 Å². The molecular formula is C18H27ClN2O2S. The average molecular weight is 371 g/mol. The van der Waals surface area contributed by atoms with E-state index >= 15 is 0 Å². The van der Waals surface area contributed by atoms with Gasteiger partial charge in [0.15, 0.2) is 0 Å². The van der Waals surface area contributed by atoms with E-state index < -0.39 is 0 Å². The molecule has 4 nitrogen and oxygen atoms in total. The fourth-order valence-corrected chi connectivity index (χ4v) is 4.85. The van der Waals surface area contributed by atoms with Crippen LogP contribution in [0.3, 0.4) is 0 Å².